The number of H-pyrrole nitrogens is 1. The van der Waals surface area contributed by atoms with E-state index >= 15 is 0 Å². The number of carbonyl (C=O) groups is 1. The summed E-state index contributed by atoms with van der Waals surface area (Å²) in [5.41, 5.74) is 5.88. The molecule has 1 aromatic heterocycles. The smallest absolute Gasteiger partial charge is 0.264 e. The van der Waals surface area contributed by atoms with Gasteiger partial charge in [0.2, 0.25) is 5.91 Å². The number of aromatic nitrogens is 2. The number of nitrogens with one attached hydrogen (secondary N) is 2. The average Bonchev–Trinajstić information content (AvgIpc) is 2.44. The SMILES string of the molecule is Nc1ccc(OCCC(=O)Nc2ccc(=O)[nH]n2)cc1. The number of carbonyl (C=O) groups excluding carboxylic acids is 1. The van der Waals surface area contributed by atoms with Crippen LogP contribution in [0, 0.1) is 0 Å². The first-order valence-corrected chi connectivity index (χ1v) is 5.97. The Morgan fingerprint density at radius 2 is 2.00 bits per heavy atom. The molecule has 1 amide bonds. The monoisotopic (exact) mass is 274 g/mol. The lowest BCUT2D eigenvalue weighted by Crippen LogP contribution is -2.17. The molecule has 1 heterocycles. The second kappa shape index (κ2) is 6.37. The van der Waals surface area contributed by atoms with Gasteiger partial charge in [-0.1, -0.05) is 0 Å². The molecule has 0 aliphatic carbocycles. The van der Waals surface area contributed by atoms with E-state index in [0.29, 0.717) is 17.3 Å². The first kappa shape index (κ1) is 13.6. The number of benzene rings is 1. The molecule has 7 nitrogen and oxygen atoms in total. The summed E-state index contributed by atoms with van der Waals surface area (Å²) >= 11 is 0. The summed E-state index contributed by atoms with van der Waals surface area (Å²) in [6.45, 7) is 0.235. The molecule has 0 bridgehead atoms. The Balaban J connectivity index is 1.76. The summed E-state index contributed by atoms with van der Waals surface area (Å²) in [5, 5.41) is 8.44. The number of rotatable bonds is 5. The minimum atomic E-state index is -0.324. The molecule has 0 aliphatic heterocycles. The minimum absolute atomic E-state index is 0.172. The fraction of sp³-hybridized carbons (Fsp3) is 0.154. The molecule has 0 atom stereocenters. The van der Waals surface area contributed by atoms with Crippen molar-refractivity contribution in [2.75, 3.05) is 17.7 Å². The lowest BCUT2D eigenvalue weighted by atomic mass is 10.3. The second-order valence-electron chi connectivity index (χ2n) is 4.02. The number of hydrogen-bond donors (Lipinski definition) is 3. The molecule has 0 unspecified atom stereocenters. The van der Waals surface area contributed by atoms with Gasteiger partial charge < -0.3 is 15.8 Å². The van der Waals surface area contributed by atoms with Crippen LogP contribution in [0.2, 0.25) is 0 Å². The van der Waals surface area contributed by atoms with Crippen LogP contribution in [0.1, 0.15) is 6.42 Å². The van der Waals surface area contributed by atoms with Gasteiger partial charge in [0.1, 0.15) is 5.75 Å². The van der Waals surface area contributed by atoms with E-state index in [0.717, 1.165) is 0 Å². The molecule has 0 aliphatic rings. The van der Waals surface area contributed by atoms with Gasteiger partial charge in [-0.25, -0.2) is 5.10 Å². The third-order valence-electron chi connectivity index (χ3n) is 2.42. The molecule has 0 fully saturated rings. The van der Waals surface area contributed by atoms with Gasteiger partial charge in [0, 0.05) is 11.8 Å². The highest BCUT2D eigenvalue weighted by molar-refractivity contribution is 5.89. The van der Waals surface area contributed by atoms with E-state index in [4.69, 9.17) is 10.5 Å². The number of hydrogen-bond acceptors (Lipinski definition) is 5. The number of aromatic amines is 1. The van der Waals surface area contributed by atoms with Crippen molar-refractivity contribution in [3.05, 3.63) is 46.8 Å². The largest absolute Gasteiger partial charge is 0.493 e. The molecule has 7 heteroatoms. The van der Waals surface area contributed by atoms with E-state index < -0.39 is 0 Å². The number of nitrogen functional groups attached to an aromatic ring is 1. The number of ether oxygens (including phenoxy) is 1. The lowest BCUT2D eigenvalue weighted by Gasteiger charge is -2.06. The molecule has 0 radical (unpaired) electrons. The quantitative estimate of drug-likeness (QED) is 0.697. The standard InChI is InChI=1S/C13H14N4O3/c14-9-1-3-10(4-2-9)20-8-7-12(18)15-11-5-6-13(19)17-16-11/h1-6H,7-8,14H2,(H,17,19)(H,15,16,18). The van der Waals surface area contributed by atoms with E-state index in [1.165, 1.54) is 12.1 Å². The average molecular weight is 274 g/mol. The second-order valence-corrected chi connectivity index (χ2v) is 4.02. The zero-order chi connectivity index (χ0) is 14.4. The van der Waals surface area contributed by atoms with E-state index in [2.05, 4.69) is 15.5 Å². The minimum Gasteiger partial charge on any atom is -0.493 e. The maximum absolute atomic E-state index is 11.6. The van der Waals surface area contributed by atoms with E-state index in [-0.39, 0.29) is 24.5 Å². The molecule has 0 saturated heterocycles. The van der Waals surface area contributed by atoms with Crippen molar-refractivity contribution in [1.29, 1.82) is 0 Å². The van der Waals surface area contributed by atoms with Crippen molar-refractivity contribution < 1.29 is 9.53 Å². The van der Waals surface area contributed by atoms with Gasteiger partial charge in [-0.3, -0.25) is 9.59 Å². The van der Waals surface area contributed by atoms with Crippen LogP contribution in [0.4, 0.5) is 11.5 Å². The Morgan fingerprint density at radius 1 is 1.25 bits per heavy atom. The highest BCUT2D eigenvalue weighted by atomic mass is 16.5. The highest BCUT2D eigenvalue weighted by Crippen LogP contribution is 2.13. The van der Waals surface area contributed by atoms with Crippen molar-refractivity contribution in [3.8, 4) is 5.75 Å². The Morgan fingerprint density at radius 3 is 2.65 bits per heavy atom. The number of nitrogens with zero attached hydrogens (tertiary/aromatic N) is 1. The predicted octanol–water partition coefficient (Wildman–Crippen LogP) is 0.760. The molecular formula is C13H14N4O3. The molecule has 2 aromatic rings. The maximum Gasteiger partial charge on any atom is 0.264 e. The summed E-state index contributed by atoms with van der Waals surface area (Å²) in [6.07, 6.45) is 0.172. The lowest BCUT2D eigenvalue weighted by molar-refractivity contribution is -0.116. The van der Waals surface area contributed by atoms with E-state index in [9.17, 15) is 9.59 Å². The molecule has 0 spiro atoms. The number of anilines is 2. The van der Waals surface area contributed by atoms with E-state index in [1.54, 1.807) is 24.3 Å². The van der Waals surface area contributed by atoms with Gasteiger partial charge in [-0.2, -0.15) is 5.10 Å². The van der Waals surface area contributed by atoms with Gasteiger partial charge in [0.15, 0.2) is 5.82 Å². The Hall–Kier alpha value is -2.83. The topological polar surface area (TPSA) is 110 Å². The zero-order valence-electron chi connectivity index (χ0n) is 10.6. The Kier molecular flexibility index (Phi) is 4.33. The van der Waals surface area contributed by atoms with Crippen molar-refractivity contribution >= 4 is 17.4 Å². The fourth-order valence-electron chi connectivity index (χ4n) is 1.45. The molecule has 4 N–H and O–H groups in total. The van der Waals surface area contributed by atoms with Crippen LogP contribution in [-0.4, -0.2) is 22.7 Å². The number of amides is 1. The van der Waals surface area contributed by atoms with Crippen molar-refractivity contribution in [1.82, 2.24) is 10.2 Å². The predicted molar refractivity (Wildman–Crippen MR) is 74.5 cm³/mol. The van der Waals surface area contributed by atoms with Crippen LogP contribution >= 0.6 is 0 Å². The van der Waals surface area contributed by atoms with Crippen molar-refractivity contribution in [3.63, 3.8) is 0 Å². The van der Waals surface area contributed by atoms with Gasteiger partial charge in [0.25, 0.3) is 5.56 Å². The molecular weight excluding hydrogens is 260 g/mol. The van der Waals surface area contributed by atoms with E-state index in [1.807, 2.05) is 0 Å². The maximum atomic E-state index is 11.6. The first-order chi connectivity index (χ1) is 9.63. The normalized spacial score (nSPS) is 10.0. The van der Waals surface area contributed by atoms with Gasteiger partial charge in [-0.05, 0) is 30.3 Å². The number of nitrogens with two attached hydrogens (primary N) is 1. The summed E-state index contributed by atoms with van der Waals surface area (Å²) in [6, 6.07) is 9.62. The van der Waals surface area contributed by atoms with Crippen molar-refractivity contribution in [2.45, 2.75) is 6.42 Å². The summed E-state index contributed by atoms with van der Waals surface area (Å²) in [5.74, 6) is 0.691. The highest BCUT2D eigenvalue weighted by Gasteiger charge is 2.04. The van der Waals surface area contributed by atoms with Gasteiger partial charge in [-0.15, -0.1) is 0 Å². The Bertz CT molecular complexity index is 616. The van der Waals surface area contributed by atoms with Gasteiger partial charge >= 0.3 is 0 Å². The summed E-state index contributed by atoms with van der Waals surface area (Å²) < 4.78 is 5.39. The molecule has 20 heavy (non-hydrogen) atoms. The molecule has 1 aromatic carbocycles. The van der Waals surface area contributed by atoms with Crippen LogP contribution in [-0.2, 0) is 4.79 Å². The molecule has 104 valence electrons. The summed E-state index contributed by atoms with van der Waals surface area (Å²) in [7, 11) is 0. The zero-order valence-corrected chi connectivity index (χ0v) is 10.6. The van der Waals surface area contributed by atoms with Crippen LogP contribution in [0.3, 0.4) is 0 Å². The third kappa shape index (κ3) is 4.13. The van der Waals surface area contributed by atoms with Crippen LogP contribution in [0.5, 0.6) is 5.75 Å². The Labute approximate surface area is 114 Å². The fourth-order valence-corrected chi connectivity index (χ4v) is 1.45. The van der Waals surface area contributed by atoms with Crippen LogP contribution in [0.15, 0.2) is 41.2 Å². The summed E-state index contributed by atoms with van der Waals surface area (Å²) in [4.78, 5) is 22.4. The first-order valence-electron chi connectivity index (χ1n) is 5.97. The van der Waals surface area contributed by atoms with Crippen LogP contribution in [0.25, 0.3) is 0 Å². The van der Waals surface area contributed by atoms with Crippen molar-refractivity contribution in [2.24, 2.45) is 0 Å². The molecule has 2 rings (SSSR count). The molecule has 0 saturated carbocycles. The van der Waals surface area contributed by atoms with Crippen LogP contribution < -0.4 is 21.3 Å². The van der Waals surface area contributed by atoms with Gasteiger partial charge in [0.05, 0.1) is 13.0 Å². The third-order valence-corrected chi connectivity index (χ3v) is 2.42.